The van der Waals surface area contributed by atoms with Crippen molar-refractivity contribution in [3.8, 4) is 11.4 Å². The van der Waals surface area contributed by atoms with Gasteiger partial charge in [-0.15, -0.1) is 0 Å². The summed E-state index contributed by atoms with van der Waals surface area (Å²) in [5, 5.41) is 9.58. The number of anilines is 1. The molecule has 1 aliphatic carbocycles. The maximum Gasteiger partial charge on any atom is 0.225 e. The number of carbonyl (C=O) groups excluding carboxylic acids is 1. The first-order valence-corrected chi connectivity index (χ1v) is 10.6. The van der Waals surface area contributed by atoms with Crippen LogP contribution < -0.4 is 10.2 Å². The van der Waals surface area contributed by atoms with Gasteiger partial charge in [0.25, 0.3) is 0 Å². The molecule has 8 nitrogen and oxygen atoms in total. The first-order chi connectivity index (χ1) is 14.8. The van der Waals surface area contributed by atoms with E-state index in [4.69, 9.17) is 9.97 Å². The maximum atomic E-state index is 12.8. The molecule has 5 rings (SSSR count). The van der Waals surface area contributed by atoms with Gasteiger partial charge in [-0.25, -0.2) is 15.0 Å². The molecule has 154 valence electrons. The lowest BCUT2D eigenvalue weighted by molar-refractivity contribution is -0.125. The normalized spacial score (nSPS) is 18.3. The fourth-order valence-corrected chi connectivity index (χ4v) is 4.41. The van der Waals surface area contributed by atoms with E-state index in [0.29, 0.717) is 18.9 Å². The Hall–Kier alpha value is -3.29. The SMILES string of the molecule is O=C(NCc1ncn[nH]1)[C@@H]1CCCN(c2nc(-c3ccccc3)nc3c2CCC3)C1. The van der Waals surface area contributed by atoms with E-state index < -0.39 is 0 Å². The molecular formula is C22H25N7O. The van der Waals surface area contributed by atoms with E-state index in [1.165, 1.54) is 11.9 Å². The van der Waals surface area contributed by atoms with Gasteiger partial charge in [-0.1, -0.05) is 30.3 Å². The third-order valence-corrected chi connectivity index (χ3v) is 5.93. The van der Waals surface area contributed by atoms with Crippen LogP contribution in [0, 0.1) is 5.92 Å². The number of aromatic amines is 1. The predicted molar refractivity (Wildman–Crippen MR) is 113 cm³/mol. The molecule has 0 unspecified atom stereocenters. The molecule has 1 saturated heterocycles. The first-order valence-electron chi connectivity index (χ1n) is 10.6. The van der Waals surface area contributed by atoms with Gasteiger partial charge in [0, 0.05) is 29.9 Å². The Morgan fingerprint density at radius 1 is 1.17 bits per heavy atom. The number of piperidine rings is 1. The van der Waals surface area contributed by atoms with Gasteiger partial charge >= 0.3 is 0 Å². The standard InChI is InChI=1S/C22H25N7O/c30-22(23-12-19-24-14-25-28-19)16-8-5-11-29(13-16)21-17-9-4-10-18(17)26-20(27-21)15-6-2-1-3-7-15/h1-3,6-7,14,16H,4-5,8-13H2,(H,23,30)(H,24,25,28)/t16-/m1/s1. The summed E-state index contributed by atoms with van der Waals surface area (Å²) in [6.07, 6.45) is 6.43. The quantitative estimate of drug-likeness (QED) is 0.678. The van der Waals surface area contributed by atoms with Crippen LogP contribution in [0.5, 0.6) is 0 Å². The summed E-state index contributed by atoms with van der Waals surface area (Å²) in [7, 11) is 0. The molecule has 2 N–H and O–H groups in total. The summed E-state index contributed by atoms with van der Waals surface area (Å²) in [6, 6.07) is 10.1. The second kappa shape index (κ2) is 8.22. The molecule has 0 saturated carbocycles. The molecule has 8 heteroatoms. The molecule has 1 fully saturated rings. The molecule has 0 radical (unpaired) electrons. The Balaban J connectivity index is 1.37. The molecule has 0 bridgehead atoms. The van der Waals surface area contributed by atoms with E-state index in [-0.39, 0.29) is 11.8 Å². The van der Waals surface area contributed by atoms with Gasteiger partial charge in [0.2, 0.25) is 5.91 Å². The van der Waals surface area contributed by atoms with Crippen molar-refractivity contribution < 1.29 is 4.79 Å². The average molecular weight is 403 g/mol. The summed E-state index contributed by atoms with van der Waals surface area (Å²) < 4.78 is 0. The summed E-state index contributed by atoms with van der Waals surface area (Å²) >= 11 is 0. The van der Waals surface area contributed by atoms with Crippen molar-refractivity contribution in [3.63, 3.8) is 0 Å². The third kappa shape index (κ3) is 3.77. The largest absolute Gasteiger partial charge is 0.355 e. The lowest BCUT2D eigenvalue weighted by Crippen LogP contribution is -2.43. The van der Waals surface area contributed by atoms with Crippen molar-refractivity contribution in [1.29, 1.82) is 0 Å². The highest BCUT2D eigenvalue weighted by Crippen LogP contribution is 2.33. The minimum atomic E-state index is -0.0612. The van der Waals surface area contributed by atoms with E-state index in [1.807, 2.05) is 18.2 Å². The molecule has 2 aromatic heterocycles. The zero-order chi connectivity index (χ0) is 20.3. The number of benzene rings is 1. The number of aromatic nitrogens is 5. The molecule has 1 aromatic carbocycles. The Bertz CT molecular complexity index is 1020. The minimum absolute atomic E-state index is 0.0603. The second-order valence-electron chi connectivity index (χ2n) is 7.95. The highest BCUT2D eigenvalue weighted by Gasteiger charge is 2.30. The van der Waals surface area contributed by atoms with E-state index in [1.54, 1.807) is 0 Å². The molecular weight excluding hydrogens is 378 g/mol. The minimum Gasteiger partial charge on any atom is -0.355 e. The number of rotatable bonds is 5. The Kier molecular flexibility index (Phi) is 5.13. The van der Waals surface area contributed by atoms with Gasteiger partial charge in [-0.3, -0.25) is 9.89 Å². The number of H-pyrrole nitrogens is 1. The molecule has 30 heavy (non-hydrogen) atoms. The Morgan fingerprint density at radius 2 is 2.07 bits per heavy atom. The zero-order valence-corrected chi connectivity index (χ0v) is 16.8. The average Bonchev–Trinajstić information content (AvgIpc) is 3.49. The Labute approximate surface area is 175 Å². The van der Waals surface area contributed by atoms with Crippen molar-refractivity contribution >= 4 is 11.7 Å². The fourth-order valence-electron chi connectivity index (χ4n) is 4.41. The molecule has 1 aliphatic heterocycles. The van der Waals surface area contributed by atoms with Crippen molar-refractivity contribution in [1.82, 2.24) is 30.5 Å². The number of hydrogen-bond acceptors (Lipinski definition) is 6. The van der Waals surface area contributed by atoms with Crippen LogP contribution in [0.2, 0.25) is 0 Å². The van der Waals surface area contributed by atoms with Crippen LogP contribution >= 0.6 is 0 Å². The van der Waals surface area contributed by atoms with Gasteiger partial charge in [0.15, 0.2) is 5.82 Å². The highest BCUT2D eigenvalue weighted by molar-refractivity contribution is 5.79. The number of nitrogens with one attached hydrogen (secondary N) is 2. The van der Waals surface area contributed by atoms with Crippen LogP contribution in [0.3, 0.4) is 0 Å². The Morgan fingerprint density at radius 3 is 2.90 bits per heavy atom. The van der Waals surface area contributed by atoms with Crippen LogP contribution in [0.25, 0.3) is 11.4 Å². The molecule has 3 aromatic rings. The van der Waals surface area contributed by atoms with Crippen molar-refractivity contribution in [2.45, 2.75) is 38.6 Å². The molecule has 0 spiro atoms. The van der Waals surface area contributed by atoms with E-state index in [9.17, 15) is 4.79 Å². The monoisotopic (exact) mass is 403 g/mol. The van der Waals surface area contributed by atoms with E-state index in [2.05, 4.69) is 37.5 Å². The van der Waals surface area contributed by atoms with E-state index >= 15 is 0 Å². The van der Waals surface area contributed by atoms with Crippen molar-refractivity contribution in [2.75, 3.05) is 18.0 Å². The van der Waals surface area contributed by atoms with Gasteiger partial charge in [-0.05, 0) is 32.1 Å². The van der Waals surface area contributed by atoms with Crippen molar-refractivity contribution in [3.05, 3.63) is 53.7 Å². The highest BCUT2D eigenvalue weighted by atomic mass is 16.1. The number of amides is 1. The van der Waals surface area contributed by atoms with Gasteiger partial charge in [0.05, 0.1) is 12.5 Å². The number of carbonyl (C=O) groups is 1. The topological polar surface area (TPSA) is 99.7 Å². The lowest BCUT2D eigenvalue weighted by Gasteiger charge is -2.34. The summed E-state index contributed by atoms with van der Waals surface area (Å²) in [6.45, 7) is 1.97. The number of aryl methyl sites for hydroxylation is 1. The first kappa shape index (κ1) is 18.7. The predicted octanol–water partition coefficient (Wildman–Crippen LogP) is 2.28. The van der Waals surface area contributed by atoms with Crippen LogP contribution in [0.15, 0.2) is 36.7 Å². The molecule has 2 aliphatic rings. The van der Waals surface area contributed by atoms with Gasteiger partial charge in [-0.2, -0.15) is 5.10 Å². The van der Waals surface area contributed by atoms with Gasteiger partial charge < -0.3 is 10.2 Å². The van der Waals surface area contributed by atoms with Crippen LogP contribution in [-0.2, 0) is 24.2 Å². The molecule has 1 amide bonds. The zero-order valence-electron chi connectivity index (χ0n) is 16.8. The van der Waals surface area contributed by atoms with Gasteiger partial charge in [0.1, 0.15) is 18.0 Å². The fraction of sp³-hybridized carbons (Fsp3) is 0.409. The number of fused-ring (bicyclic) bond motifs is 1. The third-order valence-electron chi connectivity index (χ3n) is 5.93. The molecule has 1 atom stereocenters. The summed E-state index contributed by atoms with van der Waals surface area (Å²) in [5.41, 5.74) is 3.46. The van der Waals surface area contributed by atoms with Crippen molar-refractivity contribution in [2.24, 2.45) is 5.92 Å². The smallest absolute Gasteiger partial charge is 0.225 e. The second-order valence-corrected chi connectivity index (χ2v) is 7.95. The van der Waals surface area contributed by atoms with Crippen LogP contribution in [0.4, 0.5) is 5.82 Å². The van der Waals surface area contributed by atoms with Crippen LogP contribution in [-0.4, -0.2) is 44.1 Å². The van der Waals surface area contributed by atoms with Crippen LogP contribution in [0.1, 0.15) is 36.3 Å². The lowest BCUT2D eigenvalue weighted by atomic mass is 9.96. The van der Waals surface area contributed by atoms with E-state index in [0.717, 1.165) is 61.5 Å². The maximum absolute atomic E-state index is 12.8. The summed E-state index contributed by atoms with van der Waals surface area (Å²) in [5.74, 6) is 2.46. The number of nitrogens with zero attached hydrogens (tertiary/aromatic N) is 5. The molecule has 3 heterocycles. The number of hydrogen-bond donors (Lipinski definition) is 2. The summed E-state index contributed by atoms with van der Waals surface area (Å²) in [4.78, 5) is 29.0.